The van der Waals surface area contributed by atoms with E-state index >= 15 is 0 Å². The second kappa shape index (κ2) is 6.23. The maximum Gasteiger partial charge on any atom is 0.269 e. The van der Waals surface area contributed by atoms with Gasteiger partial charge in [-0.1, -0.05) is 0 Å². The van der Waals surface area contributed by atoms with Crippen LogP contribution in [0.2, 0.25) is 0 Å². The molecule has 2 aromatic carbocycles. The van der Waals surface area contributed by atoms with Crippen molar-refractivity contribution < 1.29 is 14.8 Å². The summed E-state index contributed by atoms with van der Waals surface area (Å²) >= 11 is 0. The fraction of sp³-hybridized carbons (Fsp3) is 0.200. The van der Waals surface area contributed by atoms with E-state index in [0.29, 0.717) is 11.3 Å². The Labute approximate surface area is 122 Å². The first-order valence-corrected chi connectivity index (χ1v) is 6.32. The molecule has 0 heterocycles. The van der Waals surface area contributed by atoms with Crippen LogP contribution in [0.3, 0.4) is 0 Å². The van der Waals surface area contributed by atoms with Crippen LogP contribution < -0.4 is 9.64 Å². The van der Waals surface area contributed by atoms with Crippen LogP contribution in [0.25, 0.3) is 0 Å². The zero-order valence-electron chi connectivity index (χ0n) is 11.8. The number of aliphatic hydroxyl groups excluding tert-OH is 1. The number of non-ortho nitro benzene ring substituents is 1. The van der Waals surface area contributed by atoms with Crippen molar-refractivity contribution in [1.29, 1.82) is 0 Å². The van der Waals surface area contributed by atoms with Gasteiger partial charge in [-0.3, -0.25) is 10.1 Å². The third-order valence-electron chi connectivity index (χ3n) is 3.27. The predicted molar refractivity (Wildman–Crippen MR) is 80.1 cm³/mol. The molecule has 0 fully saturated rings. The molecule has 6 heteroatoms. The van der Waals surface area contributed by atoms with Crippen LogP contribution in [-0.4, -0.2) is 24.2 Å². The van der Waals surface area contributed by atoms with Gasteiger partial charge in [0.2, 0.25) is 0 Å². The van der Waals surface area contributed by atoms with Gasteiger partial charge in [0.1, 0.15) is 5.75 Å². The van der Waals surface area contributed by atoms with Crippen LogP contribution in [0, 0.1) is 10.1 Å². The standard InChI is InChI=1S/C15H16N2O4/c1-16(12-3-6-14(21-2)7-4-12)15-8-5-13(17(19)20)9-11(15)10-18/h3-9,18H,10H2,1-2H3. The van der Waals surface area contributed by atoms with Crippen LogP contribution in [0.1, 0.15) is 5.56 Å². The normalized spacial score (nSPS) is 10.2. The molecule has 0 bridgehead atoms. The Morgan fingerprint density at radius 1 is 1.24 bits per heavy atom. The number of nitrogens with zero attached hydrogens (tertiary/aromatic N) is 2. The first-order chi connectivity index (χ1) is 10.1. The summed E-state index contributed by atoms with van der Waals surface area (Å²) < 4.78 is 5.11. The van der Waals surface area contributed by atoms with Crippen molar-refractivity contribution in [3.8, 4) is 5.75 Å². The Bertz CT molecular complexity index is 641. The predicted octanol–water partition coefficient (Wildman–Crippen LogP) is 2.86. The van der Waals surface area contributed by atoms with Crippen molar-refractivity contribution in [3.63, 3.8) is 0 Å². The number of nitro benzene ring substituents is 1. The van der Waals surface area contributed by atoms with E-state index in [2.05, 4.69) is 0 Å². The van der Waals surface area contributed by atoms with Crippen molar-refractivity contribution in [2.75, 3.05) is 19.1 Å². The smallest absolute Gasteiger partial charge is 0.269 e. The molecule has 0 aliphatic heterocycles. The highest BCUT2D eigenvalue weighted by Gasteiger charge is 2.14. The summed E-state index contributed by atoms with van der Waals surface area (Å²) in [6.07, 6.45) is 0. The Morgan fingerprint density at radius 3 is 2.43 bits per heavy atom. The monoisotopic (exact) mass is 288 g/mol. The van der Waals surface area contributed by atoms with Crippen molar-refractivity contribution in [2.24, 2.45) is 0 Å². The van der Waals surface area contributed by atoms with Gasteiger partial charge in [0.05, 0.1) is 18.6 Å². The van der Waals surface area contributed by atoms with Gasteiger partial charge in [0, 0.05) is 36.1 Å². The van der Waals surface area contributed by atoms with Gasteiger partial charge in [-0.2, -0.15) is 0 Å². The first kappa shape index (κ1) is 14.8. The number of aliphatic hydroxyl groups is 1. The average Bonchev–Trinajstić information content (AvgIpc) is 2.53. The van der Waals surface area contributed by atoms with Gasteiger partial charge >= 0.3 is 0 Å². The van der Waals surface area contributed by atoms with Gasteiger partial charge < -0.3 is 14.7 Å². The molecule has 110 valence electrons. The lowest BCUT2D eigenvalue weighted by Crippen LogP contribution is -2.12. The van der Waals surface area contributed by atoms with E-state index in [1.165, 1.54) is 12.1 Å². The summed E-state index contributed by atoms with van der Waals surface area (Å²) in [5.74, 6) is 0.748. The number of hydrogen-bond acceptors (Lipinski definition) is 5. The van der Waals surface area contributed by atoms with Gasteiger partial charge in [-0.05, 0) is 30.3 Å². The van der Waals surface area contributed by atoms with E-state index in [0.717, 1.165) is 11.4 Å². The largest absolute Gasteiger partial charge is 0.497 e. The molecule has 0 aliphatic rings. The minimum absolute atomic E-state index is 0.0362. The lowest BCUT2D eigenvalue weighted by atomic mass is 10.1. The summed E-state index contributed by atoms with van der Waals surface area (Å²) in [7, 11) is 3.43. The SMILES string of the molecule is COc1ccc(N(C)c2ccc([N+](=O)[O-])cc2CO)cc1. The highest BCUT2D eigenvalue weighted by molar-refractivity contribution is 5.67. The summed E-state index contributed by atoms with van der Waals surface area (Å²) in [6, 6.07) is 11.9. The number of rotatable bonds is 5. The Balaban J connectivity index is 2.37. The molecular formula is C15H16N2O4. The van der Waals surface area contributed by atoms with E-state index in [4.69, 9.17) is 4.74 Å². The molecule has 0 aromatic heterocycles. The second-order valence-electron chi connectivity index (χ2n) is 4.49. The quantitative estimate of drug-likeness (QED) is 0.676. The highest BCUT2D eigenvalue weighted by Crippen LogP contribution is 2.30. The second-order valence-corrected chi connectivity index (χ2v) is 4.49. The number of anilines is 2. The number of ether oxygens (including phenoxy) is 1. The molecule has 0 unspecified atom stereocenters. The first-order valence-electron chi connectivity index (χ1n) is 6.32. The summed E-state index contributed by atoms with van der Waals surface area (Å²) in [6.45, 7) is -0.266. The number of benzene rings is 2. The fourth-order valence-electron chi connectivity index (χ4n) is 2.08. The van der Waals surface area contributed by atoms with Crippen molar-refractivity contribution in [1.82, 2.24) is 0 Å². The topological polar surface area (TPSA) is 75.8 Å². The molecule has 0 saturated carbocycles. The molecule has 0 saturated heterocycles. The fourth-order valence-corrected chi connectivity index (χ4v) is 2.08. The zero-order valence-corrected chi connectivity index (χ0v) is 11.8. The van der Waals surface area contributed by atoms with Gasteiger partial charge in [-0.25, -0.2) is 0 Å². The van der Waals surface area contributed by atoms with Crippen LogP contribution >= 0.6 is 0 Å². The summed E-state index contributed by atoms with van der Waals surface area (Å²) in [4.78, 5) is 12.2. The molecule has 1 N–H and O–H groups in total. The lowest BCUT2D eigenvalue weighted by molar-refractivity contribution is -0.384. The minimum atomic E-state index is -0.476. The van der Waals surface area contributed by atoms with E-state index in [1.807, 2.05) is 36.2 Å². The van der Waals surface area contributed by atoms with Crippen LogP contribution in [0.5, 0.6) is 5.75 Å². The highest BCUT2D eigenvalue weighted by atomic mass is 16.6. The van der Waals surface area contributed by atoms with Crippen LogP contribution in [0.15, 0.2) is 42.5 Å². The van der Waals surface area contributed by atoms with Gasteiger partial charge in [0.25, 0.3) is 5.69 Å². The average molecular weight is 288 g/mol. The molecule has 0 atom stereocenters. The Hall–Kier alpha value is -2.60. The Morgan fingerprint density at radius 2 is 1.90 bits per heavy atom. The van der Waals surface area contributed by atoms with E-state index in [9.17, 15) is 15.2 Å². The minimum Gasteiger partial charge on any atom is -0.497 e. The zero-order chi connectivity index (χ0) is 15.4. The number of methoxy groups -OCH3 is 1. The maximum atomic E-state index is 10.8. The molecule has 2 rings (SSSR count). The maximum absolute atomic E-state index is 10.8. The molecule has 21 heavy (non-hydrogen) atoms. The van der Waals surface area contributed by atoms with Gasteiger partial charge in [0.15, 0.2) is 0 Å². The number of hydrogen-bond donors (Lipinski definition) is 1. The van der Waals surface area contributed by atoms with Crippen LogP contribution in [-0.2, 0) is 6.61 Å². The van der Waals surface area contributed by atoms with Gasteiger partial charge in [-0.15, -0.1) is 0 Å². The van der Waals surface area contributed by atoms with Crippen LogP contribution in [0.4, 0.5) is 17.1 Å². The number of nitro groups is 1. The molecular weight excluding hydrogens is 272 g/mol. The summed E-state index contributed by atoms with van der Waals surface area (Å²) in [5.41, 5.74) is 2.07. The van der Waals surface area contributed by atoms with E-state index in [1.54, 1.807) is 13.2 Å². The molecule has 0 aliphatic carbocycles. The van der Waals surface area contributed by atoms with Crippen molar-refractivity contribution >= 4 is 17.1 Å². The Kier molecular flexibility index (Phi) is 4.39. The van der Waals surface area contributed by atoms with E-state index < -0.39 is 4.92 Å². The van der Waals surface area contributed by atoms with Crippen molar-refractivity contribution in [2.45, 2.75) is 6.61 Å². The molecule has 6 nitrogen and oxygen atoms in total. The molecule has 0 spiro atoms. The van der Waals surface area contributed by atoms with E-state index in [-0.39, 0.29) is 12.3 Å². The molecule has 0 amide bonds. The third kappa shape index (κ3) is 3.11. The third-order valence-corrected chi connectivity index (χ3v) is 3.27. The molecule has 2 aromatic rings. The van der Waals surface area contributed by atoms with Crippen molar-refractivity contribution in [3.05, 3.63) is 58.1 Å². The summed E-state index contributed by atoms with van der Waals surface area (Å²) in [5, 5.41) is 20.2. The lowest BCUT2D eigenvalue weighted by Gasteiger charge is -2.22. The molecule has 0 radical (unpaired) electrons.